The van der Waals surface area contributed by atoms with E-state index in [9.17, 15) is 0 Å². The Morgan fingerprint density at radius 1 is 0.298 bits per heavy atom. The minimum absolute atomic E-state index is 1.14. The quantitative estimate of drug-likeness (QED) is 0.114. The van der Waals surface area contributed by atoms with E-state index in [4.69, 9.17) is 0 Å². The van der Waals surface area contributed by atoms with Crippen LogP contribution in [-0.2, 0) is 0 Å². The average Bonchev–Trinajstić information content (AvgIpc) is 3.82. The summed E-state index contributed by atoms with van der Waals surface area (Å²) in [7, 11) is -2.97. The lowest BCUT2D eigenvalue weighted by Crippen LogP contribution is -2.75. The number of hydrogen-bond donors (Lipinski definition) is 0. The molecule has 0 saturated carbocycles. The van der Waals surface area contributed by atoms with Crippen LogP contribution in [0.5, 0.6) is 0 Å². The van der Waals surface area contributed by atoms with E-state index < -0.39 is 8.07 Å². The standard InChI is InChI=1S/C54H38N2Si/c1-6-20-39(21-7-1)40-36-37-46-48-32-19-35-52(57(42-24-10-3-11-25-42,43-26-12-4-13-27-43)44-28-14-5-15-29-44)54(48)56(51(46)38-40)50-34-18-31-47-45-30-16-17-33-49(45)55(53(47)50)41-22-8-2-9-23-41/h1-38H. The molecule has 2 heterocycles. The molecule has 0 atom stereocenters. The number of para-hydroxylation sites is 4. The minimum atomic E-state index is -2.97. The van der Waals surface area contributed by atoms with Gasteiger partial charge in [-0.15, -0.1) is 0 Å². The van der Waals surface area contributed by atoms with E-state index >= 15 is 0 Å². The van der Waals surface area contributed by atoms with Gasteiger partial charge < -0.3 is 9.13 Å². The summed E-state index contributed by atoms with van der Waals surface area (Å²) in [5, 5.41) is 10.4. The van der Waals surface area contributed by atoms with Crippen LogP contribution in [0.1, 0.15) is 0 Å². The van der Waals surface area contributed by atoms with E-state index in [2.05, 4.69) is 240 Å². The molecule has 0 fully saturated rings. The van der Waals surface area contributed by atoms with Crippen molar-refractivity contribution >= 4 is 72.4 Å². The van der Waals surface area contributed by atoms with Crippen molar-refractivity contribution in [1.82, 2.24) is 9.13 Å². The second kappa shape index (κ2) is 13.5. The molecule has 57 heavy (non-hydrogen) atoms. The van der Waals surface area contributed by atoms with Gasteiger partial charge in [-0.1, -0.05) is 200 Å². The molecule has 0 aliphatic rings. The van der Waals surface area contributed by atoms with Crippen molar-refractivity contribution in [3.8, 4) is 22.5 Å². The normalized spacial score (nSPS) is 11.9. The van der Waals surface area contributed by atoms with E-state index in [0.29, 0.717) is 0 Å². The van der Waals surface area contributed by atoms with Crippen molar-refractivity contribution in [3.63, 3.8) is 0 Å². The highest BCUT2D eigenvalue weighted by Gasteiger charge is 2.43. The summed E-state index contributed by atoms with van der Waals surface area (Å²) in [4.78, 5) is 0. The summed E-state index contributed by atoms with van der Waals surface area (Å²) in [6.45, 7) is 0. The zero-order chi connectivity index (χ0) is 37.8. The highest BCUT2D eigenvalue weighted by Crippen LogP contribution is 2.40. The number of hydrogen-bond acceptors (Lipinski definition) is 0. The van der Waals surface area contributed by atoms with Crippen LogP contribution in [0.4, 0.5) is 0 Å². The number of fused-ring (bicyclic) bond motifs is 6. The van der Waals surface area contributed by atoms with Gasteiger partial charge in [-0.25, -0.2) is 0 Å². The third-order valence-electron chi connectivity index (χ3n) is 11.8. The fourth-order valence-corrected chi connectivity index (χ4v) is 14.4. The number of rotatable bonds is 7. The van der Waals surface area contributed by atoms with Crippen LogP contribution in [0.3, 0.4) is 0 Å². The first-order valence-corrected chi connectivity index (χ1v) is 21.7. The molecular weight excluding hydrogens is 705 g/mol. The highest BCUT2D eigenvalue weighted by molar-refractivity contribution is 7.20. The molecule has 11 rings (SSSR count). The van der Waals surface area contributed by atoms with Gasteiger partial charge >= 0.3 is 0 Å². The van der Waals surface area contributed by atoms with Crippen molar-refractivity contribution in [2.24, 2.45) is 0 Å². The van der Waals surface area contributed by atoms with Crippen LogP contribution >= 0.6 is 0 Å². The van der Waals surface area contributed by atoms with Crippen molar-refractivity contribution in [2.75, 3.05) is 0 Å². The molecule has 9 aromatic carbocycles. The molecule has 3 heteroatoms. The molecule has 0 aliphatic heterocycles. The van der Waals surface area contributed by atoms with Gasteiger partial charge in [-0.3, -0.25) is 0 Å². The van der Waals surface area contributed by atoms with Crippen molar-refractivity contribution < 1.29 is 0 Å². The van der Waals surface area contributed by atoms with Gasteiger partial charge in [-0.2, -0.15) is 0 Å². The van der Waals surface area contributed by atoms with Crippen molar-refractivity contribution in [1.29, 1.82) is 0 Å². The lowest BCUT2D eigenvalue weighted by Gasteiger charge is -2.35. The number of aromatic nitrogens is 2. The average molecular weight is 743 g/mol. The summed E-state index contributed by atoms with van der Waals surface area (Å²) in [6, 6.07) is 85.3. The molecule has 0 spiro atoms. The molecule has 0 unspecified atom stereocenters. The lowest BCUT2D eigenvalue weighted by molar-refractivity contribution is 1.13. The second-order valence-corrected chi connectivity index (χ2v) is 18.6. The summed E-state index contributed by atoms with van der Waals surface area (Å²) in [6.07, 6.45) is 0. The Hall–Kier alpha value is -7.20. The Bertz CT molecular complexity index is 3110. The molecule has 0 aliphatic carbocycles. The molecule has 0 radical (unpaired) electrons. The van der Waals surface area contributed by atoms with E-state index in [-0.39, 0.29) is 0 Å². The third-order valence-corrected chi connectivity index (χ3v) is 16.7. The van der Waals surface area contributed by atoms with Crippen molar-refractivity contribution in [2.45, 2.75) is 0 Å². The first-order chi connectivity index (χ1) is 28.3. The van der Waals surface area contributed by atoms with Gasteiger partial charge in [0.2, 0.25) is 0 Å². The first-order valence-electron chi connectivity index (χ1n) is 19.7. The molecule has 2 aromatic heterocycles. The van der Waals surface area contributed by atoms with Gasteiger partial charge in [0.05, 0.1) is 27.8 Å². The first kappa shape index (κ1) is 33.2. The molecule has 0 amide bonds. The van der Waals surface area contributed by atoms with Crippen LogP contribution in [-0.4, -0.2) is 17.2 Å². The monoisotopic (exact) mass is 742 g/mol. The van der Waals surface area contributed by atoms with E-state index in [0.717, 1.165) is 11.4 Å². The SMILES string of the molecule is c1ccc(-c2ccc3c4cccc([Si](c5ccccc5)(c5ccccc5)c5ccccc5)c4n(-c4cccc5c6ccccc6n(-c6ccccc6)c45)c3c2)cc1. The van der Waals surface area contributed by atoms with E-state index in [1.54, 1.807) is 0 Å². The van der Waals surface area contributed by atoms with Crippen LogP contribution < -0.4 is 20.7 Å². The maximum Gasteiger partial charge on any atom is 0.181 e. The smallest absolute Gasteiger partial charge is 0.181 e. The zero-order valence-corrected chi connectivity index (χ0v) is 32.3. The third kappa shape index (κ3) is 5.10. The molecule has 268 valence electrons. The van der Waals surface area contributed by atoms with Crippen LogP contribution in [0, 0.1) is 0 Å². The van der Waals surface area contributed by atoms with Crippen LogP contribution in [0.15, 0.2) is 231 Å². The minimum Gasteiger partial charge on any atom is -0.307 e. The van der Waals surface area contributed by atoms with Crippen molar-refractivity contribution in [3.05, 3.63) is 231 Å². The lowest BCUT2D eigenvalue weighted by atomic mass is 10.0. The number of nitrogens with zero attached hydrogens (tertiary/aromatic N) is 2. The zero-order valence-electron chi connectivity index (χ0n) is 31.3. The Morgan fingerprint density at radius 3 is 1.42 bits per heavy atom. The summed E-state index contributed by atoms with van der Waals surface area (Å²) < 4.78 is 5.08. The van der Waals surface area contributed by atoms with E-state index in [1.165, 1.54) is 75.5 Å². The maximum absolute atomic E-state index is 2.97. The van der Waals surface area contributed by atoms with Gasteiger partial charge in [0.15, 0.2) is 8.07 Å². The molecule has 0 saturated heterocycles. The Balaban J connectivity index is 1.38. The Labute approximate surface area is 333 Å². The van der Waals surface area contributed by atoms with Gasteiger partial charge in [0.1, 0.15) is 0 Å². The predicted molar refractivity (Wildman–Crippen MR) is 244 cm³/mol. The molecular formula is C54H38N2Si. The van der Waals surface area contributed by atoms with Gasteiger partial charge in [0.25, 0.3) is 0 Å². The Morgan fingerprint density at radius 2 is 0.789 bits per heavy atom. The molecule has 0 N–H and O–H groups in total. The summed E-state index contributed by atoms with van der Waals surface area (Å²) in [5.74, 6) is 0. The van der Waals surface area contributed by atoms with Crippen LogP contribution in [0.25, 0.3) is 66.1 Å². The number of benzene rings is 9. The topological polar surface area (TPSA) is 9.86 Å². The molecule has 11 aromatic rings. The molecule has 0 bridgehead atoms. The largest absolute Gasteiger partial charge is 0.307 e. The second-order valence-electron chi connectivity index (χ2n) is 14.8. The van der Waals surface area contributed by atoms with Gasteiger partial charge in [-0.05, 0) is 62.2 Å². The highest BCUT2D eigenvalue weighted by atomic mass is 28.3. The summed E-state index contributed by atoms with van der Waals surface area (Å²) in [5.41, 5.74) is 9.52. The fourth-order valence-electron chi connectivity index (χ4n) is 9.49. The maximum atomic E-state index is 2.61. The van der Waals surface area contributed by atoms with Gasteiger partial charge in [0, 0.05) is 27.2 Å². The van der Waals surface area contributed by atoms with E-state index in [1.807, 2.05) is 0 Å². The fraction of sp³-hybridized carbons (Fsp3) is 0. The van der Waals surface area contributed by atoms with Crippen LogP contribution in [0.2, 0.25) is 0 Å². The predicted octanol–water partition coefficient (Wildman–Crippen LogP) is 10.9. The Kier molecular flexibility index (Phi) is 7.87. The molecule has 2 nitrogen and oxygen atoms in total. The summed E-state index contributed by atoms with van der Waals surface area (Å²) >= 11 is 0.